The van der Waals surface area contributed by atoms with Gasteiger partial charge in [0.15, 0.2) is 0 Å². The third-order valence-electron chi connectivity index (χ3n) is 2.49. The molecule has 0 amide bonds. The van der Waals surface area contributed by atoms with E-state index in [4.69, 9.17) is 5.73 Å². The Hall–Kier alpha value is -0.0800. The predicted molar refractivity (Wildman–Crippen MR) is 64.5 cm³/mol. The quantitative estimate of drug-likeness (QED) is 0.640. The molecule has 0 bridgehead atoms. The molecule has 0 spiro atoms. The van der Waals surface area contributed by atoms with Crippen LogP contribution in [0.25, 0.3) is 0 Å². The maximum Gasteiger partial charge on any atom is -0.00168 e. The van der Waals surface area contributed by atoms with Gasteiger partial charge in [-0.3, -0.25) is 0 Å². The predicted octanol–water partition coefficient (Wildman–Crippen LogP) is 2.48. The minimum absolute atomic E-state index is 0.464. The third kappa shape index (κ3) is 10.0. The second-order valence-corrected chi connectivity index (χ2v) is 5.46. The largest absolute Gasteiger partial charge is 0.330 e. The van der Waals surface area contributed by atoms with Crippen LogP contribution >= 0.6 is 0 Å². The molecule has 0 radical (unpaired) electrons. The van der Waals surface area contributed by atoms with E-state index in [0.717, 1.165) is 6.54 Å². The molecule has 0 aliphatic rings. The maximum absolute atomic E-state index is 5.45. The van der Waals surface area contributed by atoms with Crippen molar-refractivity contribution in [1.82, 2.24) is 4.90 Å². The molecule has 0 rings (SSSR count). The maximum atomic E-state index is 5.45. The van der Waals surface area contributed by atoms with Gasteiger partial charge in [-0.25, -0.2) is 0 Å². The molecular weight excluding hydrogens is 172 g/mol. The lowest BCUT2D eigenvalue weighted by Crippen LogP contribution is -2.24. The molecule has 86 valence electrons. The summed E-state index contributed by atoms with van der Waals surface area (Å²) in [5, 5.41) is 0. The highest BCUT2D eigenvalue weighted by atomic mass is 15.1. The lowest BCUT2D eigenvalue weighted by molar-refractivity contribution is 0.260. The van der Waals surface area contributed by atoms with Crippen LogP contribution in [-0.2, 0) is 0 Å². The molecule has 0 aromatic rings. The molecule has 0 atom stereocenters. The lowest BCUT2D eigenvalue weighted by atomic mass is 9.92. The van der Waals surface area contributed by atoms with Crippen LogP contribution in [0.2, 0.25) is 0 Å². The fourth-order valence-electron chi connectivity index (χ4n) is 1.34. The molecule has 14 heavy (non-hydrogen) atoms. The van der Waals surface area contributed by atoms with Crippen molar-refractivity contribution in [2.75, 3.05) is 26.7 Å². The van der Waals surface area contributed by atoms with Gasteiger partial charge < -0.3 is 10.6 Å². The summed E-state index contributed by atoms with van der Waals surface area (Å²) in [6.07, 6.45) is 5.02. The first-order chi connectivity index (χ1) is 6.45. The fourth-order valence-corrected chi connectivity index (χ4v) is 1.34. The summed E-state index contributed by atoms with van der Waals surface area (Å²) in [5.74, 6) is 0. The van der Waals surface area contributed by atoms with Crippen LogP contribution in [0, 0.1) is 5.41 Å². The van der Waals surface area contributed by atoms with Gasteiger partial charge in [0.25, 0.3) is 0 Å². The van der Waals surface area contributed by atoms with E-state index in [1.807, 2.05) is 0 Å². The Morgan fingerprint density at radius 3 is 2.14 bits per heavy atom. The van der Waals surface area contributed by atoms with E-state index in [1.54, 1.807) is 0 Å². The summed E-state index contributed by atoms with van der Waals surface area (Å²) >= 11 is 0. The van der Waals surface area contributed by atoms with Crippen molar-refractivity contribution in [3.05, 3.63) is 0 Å². The number of hydrogen-bond donors (Lipinski definition) is 1. The Bertz CT molecular complexity index is 127. The number of hydrogen-bond acceptors (Lipinski definition) is 2. The molecular formula is C12H28N2. The van der Waals surface area contributed by atoms with E-state index < -0.39 is 0 Å². The van der Waals surface area contributed by atoms with Gasteiger partial charge in [-0.15, -0.1) is 0 Å². The molecule has 2 nitrogen and oxygen atoms in total. The first-order valence-corrected chi connectivity index (χ1v) is 5.84. The molecule has 0 saturated carbocycles. The van der Waals surface area contributed by atoms with Crippen molar-refractivity contribution in [2.24, 2.45) is 11.1 Å². The summed E-state index contributed by atoms with van der Waals surface area (Å²) in [6, 6.07) is 0. The minimum atomic E-state index is 0.464. The number of rotatable bonds is 7. The zero-order valence-electron chi connectivity index (χ0n) is 10.5. The summed E-state index contributed by atoms with van der Waals surface area (Å²) in [6.45, 7) is 10.2. The van der Waals surface area contributed by atoms with Crippen LogP contribution in [0.5, 0.6) is 0 Å². The summed E-state index contributed by atoms with van der Waals surface area (Å²) in [5.41, 5.74) is 5.91. The molecule has 0 unspecified atom stereocenters. The van der Waals surface area contributed by atoms with E-state index in [-0.39, 0.29) is 0 Å². The molecule has 2 N–H and O–H groups in total. The van der Waals surface area contributed by atoms with Crippen LogP contribution < -0.4 is 5.73 Å². The zero-order chi connectivity index (χ0) is 11.0. The Balaban J connectivity index is 3.32. The van der Waals surface area contributed by atoms with Gasteiger partial charge in [-0.1, -0.05) is 27.2 Å². The number of nitrogens with two attached hydrogens (primary N) is 1. The van der Waals surface area contributed by atoms with Crippen LogP contribution in [0.15, 0.2) is 0 Å². The average molecular weight is 200 g/mol. The molecule has 0 aromatic carbocycles. The first kappa shape index (κ1) is 13.9. The molecule has 0 heterocycles. The van der Waals surface area contributed by atoms with E-state index in [9.17, 15) is 0 Å². The second-order valence-electron chi connectivity index (χ2n) is 5.46. The van der Waals surface area contributed by atoms with E-state index >= 15 is 0 Å². The van der Waals surface area contributed by atoms with Crippen molar-refractivity contribution in [2.45, 2.75) is 46.5 Å². The molecule has 0 saturated heterocycles. The van der Waals surface area contributed by atoms with Crippen molar-refractivity contribution >= 4 is 0 Å². The highest BCUT2D eigenvalue weighted by Crippen LogP contribution is 2.18. The Kier molecular flexibility index (Phi) is 7.20. The highest BCUT2D eigenvalue weighted by molar-refractivity contribution is 4.64. The van der Waals surface area contributed by atoms with Gasteiger partial charge in [0, 0.05) is 0 Å². The van der Waals surface area contributed by atoms with Crippen molar-refractivity contribution in [3.8, 4) is 0 Å². The topological polar surface area (TPSA) is 29.3 Å². The van der Waals surface area contributed by atoms with E-state index in [0.29, 0.717) is 5.41 Å². The average Bonchev–Trinajstić information content (AvgIpc) is 2.08. The van der Waals surface area contributed by atoms with Crippen molar-refractivity contribution in [1.29, 1.82) is 0 Å². The molecule has 0 aliphatic heterocycles. The minimum Gasteiger partial charge on any atom is -0.330 e. The SMILES string of the molecule is CN(CCCCCN)CCC(C)(C)C. The standard InChI is InChI=1S/C12H28N2/c1-12(2,3)8-11-14(4)10-7-5-6-9-13/h5-11,13H2,1-4H3. The van der Waals surface area contributed by atoms with Crippen molar-refractivity contribution in [3.63, 3.8) is 0 Å². The third-order valence-corrected chi connectivity index (χ3v) is 2.49. The van der Waals surface area contributed by atoms with Crippen molar-refractivity contribution < 1.29 is 0 Å². The summed E-state index contributed by atoms with van der Waals surface area (Å²) in [4.78, 5) is 2.43. The summed E-state index contributed by atoms with van der Waals surface area (Å²) < 4.78 is 0. The first-order valence-electron chi connectivity index (χ1n) is 5.84. The zero-order valence-corrected chi connectivity index (χ0v) is 10.5. The molecule has 2 heteroatoms. The number of nitrogens with zero attached hydrogens (tertiary/aromatic N) is 1. The molecule has 0 fully saturated rings. The Labute approximate surface area is 89.9 Å². The number of unbranched alkanes of at least 4 members (excludes halogenated alkanes) is 2. The van der Waals surface area contributed by atoms with Gasteiger partial charge >= 0.3 is 0 Å². The van der Waals surface area contributed by atoms with Gasteiger partial charge in [0.2, 0.25) is 0 Å². The Morgan fingerprint density at radius 1 is 1.00 bits per heavy atom. The van der Waals surface area contributed by atoms with Gasteiger partial charge in [0.05, 0.1) is 0 Å². The lowest BCUT2D eigenvalue weighted by Gasteiger charge is -2.23. The van der Waals surface area contributed by atoms with Gasteiger partial charge in [0.1, 0.15) is 0 Å². The van der Waals surface area contributed by atoms with Gasteiger partial charge in [-0.05, 0) is 51.4 Å². The monoisotopic (exact) mass is 200 g/mol. The van der Waals surface area contributed by atoms with Crippen LogP contribution in [0.3, 0.4) is 0 Å². The smallest absolute Gasteiger partial charge is 0.00168 e. The van der Waals surface area contributed by atoms with Crippen LogP contribution in [0.4, 0.5) is 0 Å². The van der Waals surface area contributed by atoms with E-state index in [1.165, 1.54) is 38.8 Å². The normalized spacial score (nSPS) is 12.4. The van der Waals surface area contributed by atoms with Gasteiger partial charge in [-0.2, -0.15) is 0 Å². The summed E-state index contributed by atoms with van der Waals surface area (Å²) in [7, 11) is 2.22. The molecule has 0 aromatic heterocycles. The van der Waals surface area contributed by atoms with E-state index in [2.05, 4.69) is 32.7 Å². The fraction of sp³-hybridized carbons (Fsp3) is 1.00. The highest BCUT2D eigenvalue weighted by Gasteiger charge is 2.10. The van der Waals surface area contributed by atoms with Crippen LogP contribution in [-0.4, -0.2) is 31.6 Å². The molecule has 0 aliphatic carbocycles. The van der Waals surface area contributed by atoms with Crippen LogP contribution in [0.1, 0.15) is 46.5 Å². The second kappa shape index (κ2) is 7.24. The Morgan fingerprint density at radius 2 is 1.64 bits per heavy atom.